The van der Waals surface area contributed by atoms with Gasteiger partial charge in [0, 0.05) is 38.2 Å². The molecule has 1 saturated heterocycles. The van der Waals surface area contributed by atoms with Crippen molar-refractivity contribution in [2.24, 2.45) is 4.99 Å². The molecule has 1 atom stereocenters. The van der Waals surface area contributed by atoms with Crippen molar-refractivity contribution in [2.75, 3.05) is 26.7 Å². The number of hydrogen-bond donors (Lipinski definition) is 3. The molecule has 0 bridgehead atoms. The van der Waals surface area contributed by atoms with Crippen molar-refractivity contribution in [3.63, 3.8) is 0 Å². The van der Waals surface area contributed by atoms with E-state index in [-0.39, 0.29) is 11.0 Å². The van der Waals surface area contributed by atoms with Crippen LogP contribution in [0, 0.1) is 0 Å². The molecule has 2 heterocycles. The molecule has 158 valence electrons. The Morgan fingerprint density at radius 2 is 2.07 bits per heavy atom. The molecule has 29 heavy (non-hydrogen) atoms. The van der Waals surface area contributed by atoms with Gasteiger partial charge in [-0.25, -0.2) is 13.1 Å². The minimum absolute atomic E-state index is 0.0210. The van der Waals surface area contributed by atoms with Gasteiger partial charge in [0.1, 0.15) is 0 Å². The molecule has 1 aromatic heterocycles. The summed E-state index contributed by atoms with van der Waals surface area (Å²) < 4.78 is 32.9. The standard InChI is InChI=1S/C20H28N4O3S2/c1-21-20(22-11-10-18-5-3-13-28-18)23-14-16-6-8-19(9-7-16)29(25,26)24-15-17-4-2-12-27-17/h3,5-9,13,17,24H,2,4,10-12,14-15H2,1H3,(H2,21,22,23). The summed E-state index contributed by atoms with van der Waals surface area (Å²) in [6.45, 7) is 2.38. The third-order valence-corrected chi connectivity index (χ3v) is 7.06. The van der Waals surface area contributed by atoms with Crippen LogP contribution < -0.4 is 15.4 Å². The Balaban J connectivity index is 1.45. The SMILES string of the molecule is CN=C(NCCc1cccs1)NCc1ccc(S(=O)(=O)NCC2CCCO2)cc1. The molecule has 0 amide bonds. The average Bonchev–Trinajstić information content (AvgIpc) is 3.43. The van der Waals surface area contributed by atoms with Crippen LogP contribution in [0.4, 0.5) is 0 Å². The molecule has 0 saturated carbocycles. The molecule has 3 rings (SSSR count). The fourth-order valence-electron chi connectivity index (χ4n) is 3.04. The lowest BCUT2D eigenvalue weighted by atomic mass is 10.2. The lowest BCUT2D eigenvalue weighted by molar-refractivity contribution is 0.114. The summed E-state index contributed by atoms with van der Waals surface area (Å²) in [5.74, 6) is 0.719. The lowest BCUT2D eigenvalue weighted by Gasteiger charge is -2.13. The number of aliphatic imine (C=N–C) groups is 1. The Kier molecular flexibility index (Phi) is 8.05. The van der Waals surface area contributed by atoms with Crippen molar-refractivity contribution >= 4 is 27.3 Å². The largest absolute Gasteiger partial charge is 0.377 e. The number of guanidine groups is 1. The molecular weight excluding hydrogens is 408 g/mol. The number of sulfonamides is 1. The first kappa shape index (κ1) is 21.8. The Morgan fingerprint density at radius 1 is 1.24 bits per heavy atom. The van der Waals surface area contributed by atoms with Gasteiger partial charge in [-0.1, -0.05) is 18.2 Å². The second kappa shape index (κ2) is 10.7. The molecule has 1 fully saturated rings. The first-order chi connectivity index (χ1) is 14.1. The molecule has 1 aliphatic heterocycles. The zero-order valence-electron chi connectivity index (χ0n) is 16.6. The van der Waals surface area contributed by atoms with Crippen LogP contribution >= 0.6 is 11.3 Å². The van der Waals surface area contributed by atoms with Gasteiger partial charge in [0.25, 0.3) is 0 Å². The second-order valence-corrected chi connectivity index (χ2v) is 9.61. The van der Waals surface area contributed by atoms with E-state index in [1.807, 2.05) is 12.1 Å². The molecule has 0 spiro atoms. The van der Waals surface area contributed by atoms with E-state index in [0.29, 0.717) is 19.7 Å². The fraction of sp³-hybridized carbons (Fsp3) is 0.450. The summed E-state index contributed by atoms with van der Waals surface area (Å²) in [6.07, 6.45) is 2.81. The van der Waals surface area contributed by atoms with Crippen LogP contribution in [0.15, 0.2) is 51.7 Å². The highest BCUT2D eigenvalue weighted by Crippen LogP contribution is 2.14. The molecule has 7 nitrogen and oxygen atoms in total. The van der Waals surface area contributed by atoms with Crippen molar-refractivity contribution in [2.45, 2.75) is 36.8 Å². The maximum atomic E-state index is 12.4. The van der Waals surface area contributed by atoms with Gasteiger partial charge < -0.3 is 15.4 Å². The average molecular weight is 437 g/mol. The highest BCUT2D eigenvalue weighted by molar-refractivity contribution is 7.89. The highest BCUT2D eigenvalue weighted by Gasteiger charge is 2.20. The minimum Gasteiger partial charge on any atom is -0.377 e. The van der Waals surface area contributed by atoms with E-state index in [2.05, 4.69) is 37.9 Å². The molecule has 0 aliphatic carbocycles. The molecule has 3 N–H and O–H groups in total. The number of benzene rings is 1. The van der Waals surface area contributed by atoms with Crippen molar-refractivity contribution in [1.82, 2.24) is 15.4 Å². The van der Waals surface area contributed by atoms with Gasteiger partial charge >= 0.3 is 0 Å². The third-order valence-electron chi connectivity index (χ3n) is 4.69. The summed E-state index contributed by atoms with van der Waals surface area (Å²) in [5, 5.41) is 8.61. The van der Waals surface area contributed by atoms with E-state index in [1.165, 1.54) is 4.88 Å². The predicted molar refractivity (Wildman–Crippen MR) is 117 cm³/mol. The van der Waals surface area contributed by atoms with Crippen LogP contribution in [0.3, 0.4) is 0 Å². The van der Waals surface area contributed by atoms with Gasteiger partial charge in [-0.05, 0) is 48.4 Å². The van der Waals surface area contributed by atoms with Gasteiger partial charge in [-0.15, -0.1) is 11.3 Å². The number of hydrogen-bond acceptors (Lipinski definition) is 5. The Morgan fingerprint density at radius 3 is 2.72 bits per heavy atom. The third kappa shape index (κ3) is 6.81. The van der Waals surface area contributed by atoms with E-state index in [9.17, 15) is 8.42 Å². The zero-order chi connectivity index (χ0) is 20.5. The van der Waals surface area contributed by atoms with Crippen molar-refractivity contribution in [3.8, 4) is 0 Å². The molecular formula is C20H28N4O3S2. The normalized spacial score (nSPS) is 17.4. The summed E-state index contributed by atoms with van der Waals surface area (Å²) in [5.41, 5.74) is 0.976. The van der Waals surface area contributed by atoms with Crippen LogP contribution in [0.1, 0.15) is 23.3 Å². The van der Waals surface area contributed by atoms with Gasteiger partial charge in [-0.2, -0.15) is 0 Å². The summed E-state index contributed by atoms with van der Waals surface area (Å²) >= 11 is 1.74. The van der Waals surface area contributed by atoms with Crippen molar-refractivity contribution < 1.29 is 13.2 Å². The first-order valence-corrected chi connectivity index (χ1v) is 12.1. The molecule has 9 heteroatoms. The first-order valence-electron chi connectivity index (χ1n) is 9.74. The Labute approximate surface area is 176 Å². The predicted octanol–water partition coefficient (Wildman–Crippen LogP) is 2.11. The molecule has 1 unspecified atom stereocenters. The van der Waals surface area contributed by atoms with E-state index in [1.54, 1.807) is 30.5 Å². The van der Waals surface area contributed by atoms with Crippen molar-refractivity contribution in [1.29, 1.82) is 0 Å². The lowest BCUT2D eigenvalue weighted by Crippen LogP contribution is -2.37. The number of thiophene rings is 1. The van der Waals surface area contributed by atoms with Crippen molar-refractivity contribution in [3.05, 3.63) is 52.2 Å². The minimum atomic E-state index is -3.52. The van der Waals surface area contributed by atoms with Gasteiger partial charge in [0.2, 0.25) is 10.0 Å². The molecule has 0 radical (unpaired) electrons. The summed E-state index contributed by atoms with van der Waals surface area (Å²) in [7, 11) is -1.79. The zero-order valence-corrected chi connectivity index (χ0v) is 18.2. The van der Waals surface area contributed by atoms with Crippen LogP contribution in [0.5, 0.6) is 0 Å². The number of nitrogens with one attached hydrogen (secondary N) is 3. The Bertz CT molecular complexity index is 875. The van der Waals surface area contributed by atoms with Gasteiger partial charge in [0.05, 0.1) is 11.0 Å². The maximum Gasteiger partial charge on any atom is 0.240 e. The van der Waals surface area contributed by atoms with Gasteiger partial charge in [0.15, 0.2) is 5.96 Å². The van der Waals surface area contributed by atoms with Gasteiger partial charge in [-0.3, -0.25) is 4.99 Å². The molecule has 2 aromatic rings. The van der Waals surface area contributed by atoms with E-state index in [4.69, 9.17) is 4.74 Å². The second-order valence-electron chi connectivity index (χ2n) is 6.81. The smallest absolute Gasteiger partial charge is 0.240 e. The number of nitrogens with zero attached hydrogens (tertiary/aromatic N) is 1. The quantitative estimate of drug-likeness (QED) is 0.414. The number of rotatable bonds is 9. The number of ether oxygens (including phenoxy) is 1. The van der Waals surface area contributed by atoms with E-state index in [0.717, 1.165) is 37.3 Å². The van der Waals surface area contributed by atoms with E-state index >= 15 is 0 Å². The van der Waals surface area contributed by atoms with E-state index < -0.39 is 10.0 Å². The highest BCUT2D eigenvalue weighted by atomic mass is 32.2. The van der Waals surface area contributed by atoms with Crippen LogP contribution in [-0.4, -0.2) is 47.2 Å². The molecule has 1 aromatic carbocycles. The molecule has 1 aliphatic rings. The monoisotopic (exact) mass is 436 g/mol. The topological polar surface area (TPSA) is 91.8 Å². The Hall–Kier alpha value is -1.94. The summed E-state index contributed by atoms with van der Waals surface area (Å²) in [4.78, 5) is 5.81. The van der Waals surface area contributed by atoms with Crippen LogP contribution in [-0.2, 0) is 27.7 Å². The van der Waals surface area contributed by atoms with Crippen LogP contribution in [0.2, 0.25) is 0 Å². The maximum absolute atomic E-state index is 12.4. The summed E-state index contributed by atoms with van der Waals surface area (Å²) in [6, 6.07) is 11.0. The van der Waals surface area contributed by atoms with Crippen LogP contribution in [0.25, 0.3) is 0 Å². The fourth-order valence-corrected chi connectivity index (χ4v) is 4.82.